The molecule has 2 aromatic rings. The number of ether oxygens (including phenoxy) is 1. The molecule has 0 aromatic heterocycles. The van der Waals surface area contributed by atoms with E-state index in [0.29, 0.717) is 14.8 Å². The number of nitrogens with one attached hydrogen (secondary N) is 1. The van der Waals surface area contributed by atoms with Crippen LogP contribution in [0.4, 0.5) is 10.1 Å². The third kappa shape index (κ3) is 3.96. The molecule has 2 aromatic carbocycles. The fraction of sp³-hybridized carbons (Fsp3) is 0.200. The molecule has 118 valence electrons. The minimum atomic E-state index is -3.72. The molecule has 0 bridgehead atoms. The van der Waals surface area contributed by atoms with E-state index in [0.717, 1.165) is 5.56 Å². The highest BCUT2D eigenvalue weighted by Crippen LogP contribution is 2.25. The molecule has 0 spiro atoms. The van der Waals surface area contributed by atoms with E-state index in [9.17, 15) is 12.8 Å². The Morgan fingerprint density at radius 1 is 1.23 bits per heavy atom. The van der Waals surface area contributed by atoms with E-state index in [1.807, 2.05) is 29.5 Å². The minimum Gasteiger partial charge on any atom is -0.380 e. The van der Waals surface area contributed by atoms with Gasteiger partial charge in [0.15, 0.2) is 0 Å². The molecular weight excluding hydrogens is 420 g/mol. The van der Waals surface area contributed by atoms with Crippen molar-refractivity contribution in [1.29, 1.82) is 0 Å². The van der Waals surface area contributed by atoms with E-state index in [1.165, 1.54) is 31.4 Å². The zero-order valence-electron chi connectivity index (χ0n) is 12.1. The predicted octanol–water partition coefficient (Wildman–Crippen LogP) is 3.69. The van der Waals surface area contributed by atoms with Crippen LogP contribution in [0, 0.1) is 16.3 Å². The summed E-state index contributed by atoms with van der Waals surface area (Å²) in [5.41, 5.74) is 1.59. The Morgan fingerprint density at radius 3 is 2.45 bits per heavy atom. The van der Waals surface area contributed by atoms with Crippen LogP contribution in [0.25, 0.3) is 0 Å². The standard InChI is InChI=1S/C15H15FINO3S/c1-10-3-5-12(6-4-10)22(19,20)18-15-7-11(9-21-2)13(16)8-14(15)17/h3-8,18H,9H2,1-2H3. The van der Waals surface area contributed by atoms with Crippen LogP contribution < -0.4 is 4.72 Å². The maximum atomic E-state index is 13.8. The normalized spacial score (nSPS) is 11.5. The van der Waals surface area contributed by atoms with Crippen LogP contribution in [0.15, 0.2) is 41.3 Å². The highest BCUT2D eigenvalue weighted by Gasteiger charge is 2.17. The number of hydrogen-bond donors (Lipinski definition) is 1. The first kappa shape index (κ1) is 17.2. The summed E-state index contributed by atoms with van der Waals surface area (Å²) in [4.78, 5) is 0.159. The second-order valence-electron chi connectivity index (χ2n) is 4.78. The van der Waals surface area contributed by atoms with Crippen LogP contribution in [0.2, 0.25) is 0 Å². The van der Waals surface area contributed by atoms with Gasteiger partial charge in [0.2, 0.25) is 0 Å². The van der Waals surface area contributed by atoms with Crippen LogP contribution in [0.5, 0.6) is 0 Å². The van der Waals surface area contributed by atoms with E-state index >= 15 is 0 Å². The summed E-state index contributed by atoms with van der Waals surface area (Å²) in [5, 5.41) is 0. The topological polar surface area (TPSA) is 55.4 Å². The number of rotatable bonds is 5. The van der Waals surface area contributed by atoms with Gasteiger partial charge in [-0.25, -0.2) is 12.8 Å². The van der Waals surface area contributed by atoms with Gasteiger partial charge >= 0.3 is 0 Å². The number of methoxy groups -OCH3 is 1. The Morgan fingerprint density at radius 2 is 1.86 bits per heavy atom. The predicted molar refractivity (Wildman–Crippen MR) is 91.8 cm³/mol. The van der Waals surface area contributed by atoms with Crippen molar-refractivity contribution >= 4 is 38.3 Å². The maximum absolute atomic E-state index is 13.8. The molecule has 1 N–H and O–H groups in total. The van der Waals surface area contributed by atoms with Gasteiger partial charge in [-0.3, -0.25) is 4.72 Å². The highest BCUT2D eigenvalue weighted by atomic mass is 127. The van der Waals surface area contributed by atoms with E-state index in [-0.39, 0.29) is 11.5 Å². The zero-order valence-corrected chi connectivity index (χ0v) is 15.0. The fourth-order valence-corrected chi connectivity index (χ4v) is 3.68. The van der Waals surface area contributed by atoms with Crippen LogP contribution in [0.1, 0.15) is 11.1 Å². The Hall–Kier alpha value is -1.19. The summed E-state index contributed by atoms with van der Waals surface area (Å²) in [6, 6.07) is 9.24. The Bertz CT molecular complexity index is 776. The third-order valence-corrected chi connectivity index (χ3v) is 5.29. The van der Waals surface area contributed by atoms with E-state index in [4.69, 9.17) is 4.74 Å². The first-order valence-electron chi connectivity index (χ1n) is 6.40. The molecule has 22 heavy (non-hydrogen) atoms. The summed E-state index contributed by atoms with van der Waals surface area (Å²) in [6.45, 7) is 1.95. The third-order valence-electron chi connectivity index (χ3n) is 3.01. The molecular formula is C15H15FINO3S. The lowest BCUT2D eigenvalue weighted by Gasteiger charge is -2.12. The van der Waals surface area contributed by atoms with Gasteiger partial charge in [-0.15, -0.1) is 0 Å². The van der Waals surface area contributed by atoms with Gasteiger partial charge in [-0.05, 0) is 53.8 Å². The first-order chi connectivity index (χ1) is 10.3. The summed E-state index contributed by atoms with van der Waals surface area (Å²) in [6.07, 6.45) is 0. The number of benzene rings is 2. The quantitative estimate of drug-likeness (QED) is 0.730. The summed E-state index contributed by atoms with van der Waals surface area (Å²) >= 11 is 1.89. The molecule has 0 amide bonds. The van der Waals surface area contributed by atoms with Crippen molar-refractivity contribution in [3.8, 4) is 0 Å². The zero-order chi connectivity index (χ0) is 16.3. The Kier molecular flexibility index (Phi) is 5.41. The molecule has 0 aliphatic rings. The molecule has 0 aliphatic carbocycles. The van der Waals surface area contributed by atoms with Gasteiger partial charge in [0.1, 0.15) is 5.82 Å². The molecule has 2 rings (SSSR count). The minimum absolute atomic E-state index is 0.0714. The molecule has 0 heterocycles. The Balaban J connectivity index is 2.37. The molecule has 0 fully saturated rings. The number of halogens is 2. The van der Waals surface area contributed by atoms with E-state index in [1.54, 1.807) is 12.1 Å². The van der Waals surface area contributed by atoms with Crippen molar-refractivity contribution in [3.05, 3.63) is 56.9 Å². The number of sulfonamides is 1. The molecule has 0 atom stereocenters. The highest BCUT2D eigenvalue weighted by molar-refractivity contribution is 14.1. The van der Waals surface area contributed by atoms with Crippen molar-refractivity contribution < 1.29 is 17.5 Å². The monoisotopic (exact) mass is 435 g/mol. The molecule has 0 radical (unpaired) electrons. The number of anilines is 1. The summed E-state index contributed by atoms with van der Waals surface area (Å²) in [7, 11) is -2.26. The van der Waals surface area contributed by atoms with Crippen LogP contribution >= 0.6 is 22.6 Å². The van der Waals surface area contributed by atoms with Crippen LogP contribution in [-0.2, 0) is 21.4 Å². The average molecular weight is 435 g/mol. The van der Waals surface area contributed by atoms with Crippen molar-refractivity contribution in [1.82, 2.24) is 0 Å². The lowest BCUT2D eigenvalue weighted by atomic mass is 10.2. The van der Waals surface area contributed by atoms with Crippen molar-refractivity contribution in [2.45, 2.75) is 18.4 Å². The van der Waals surface area contributed by atoms with Gasteiger partial charge in [-0.1, -0.05) is 17.7 Å². The summed E-state index contributed by atoms with van der Waals surface area (Å²) < 4.78 is 46.4. The van der Waals surface area contributed by atoms with Gasteiger partial charge in [0, 0.05) is 16.2 Å². The summed E-state index contributed by atoms with van der Waals surface area (Å²) in [5.74, 6) is -0.426. The van der Waals surface area contributed by atoms with Gasteiger partial charge in [-0.2, -0.15) is 0 Å². The lowest BCUT2D eigenvalue weighted by Crippen LogP contribution is -2.14. The number of aryl methyl sites for hydroxylation is 1. The lowest BCUT2D eigenvalue weighted by molar-refractivity contribution is 0.181. The molecule has 0 saturated heterocycles. The molecule has 7 heteroatoms. The van der Waals surface area contributed by atoms with Crippen molar-refractivity contribution in [2.75, 3.05) is 11.8 Å². The van der Waals surface area contributed by atoms with E-state index < -0.39 is 15.8 Å². The fourth-order valence-electron chi connectivity index (χ4n) is 1.86. The SMILES string of the molecule is COCc1cc(NS(=O)(=O)c2ccc(C)cc2)c(I)cc1F. The average Bonchev–Trinajstić information content (AvgIpc) is 2.44. The van der Waals surface area contributed by atoms with Gasteiger partial charge in [0.25, 0.3) is 10.0 Å². The molecule has 0 saturated carbocycles. The smallest absolute Gasteiger partial charge is 0.261 e. The second-order valence-corrected chi connectivity index (χ2v) is 7.62. The van der Waals surface area contributed by atoms with Crippen LogP contribution in [0.3, 0.4) is 0 Å². The molecule has 0 unspecified atom stereocenters. The Labute approximate surface area is 142 Å². The maximum Gasteiger partial charge on any atom is 0.261 e. The van der Waals surface area contributed by atoms with Crippen LogP contribution in [-0.4, -0.2) is 15.5 Å². The van der Waals surface area contributed by atoms with E-state index in [2.05, 4.69) is 4.72 Å². The first-order valence-corrected chi connectivity index (χ1v) is 8.96. The van der Waals surface area contributed by atoms with Crippen molar-refractivity contribution in [3.63, 3.8) is 0 Å². The second kappa shape index (κ2) is 6.93. The largest absolute Gasteiger partial charge is 0.380 e. The molecule has 0 aliphatic heterocycles. The number of hydrogen-bond acceptors (Lipinski definition) is 3. The van der Waals surface area contributed by atoms with Gasteiger partial charge < -0.3 is 4.74 Å². The van der Waals surface area contributed by atoms with Crippen molar-refractivity contribution in [2.24, 2.45) is 0 Å². The van der Waals surface area contributed by atoms with Gasteiger partial charge in [0.05, 0.1) is 17.2 Å². The molecule has 4 nitrogen and oxygen atoms in total.